The minimum absolute atomic E-state index is 0.221. The Bertz CT molecular complexity index is 363. The van der Waals surface area contributed by atoms with Gasteiger partial charge in [-0.25, -0.2) is 0 Å². The minimum Gasteiger partial charge on any atom is -0.481 e. The first-order valence-corrected chi connectivity index (χ1v) is 9.19. The van der Waals surface area contributed by atoms with E-state index in [1.807, 2.05) is 6.08 Å². The maximum Gasteiger partial charge on any atom is 0.303 e. The third-order valence-electron chi connectivity index (χ3n) is 3.70. The topological polar surface area (TPSA) is 57.5 Å². The Morgan fingerprint density at radius 3 is 2.35 bits per heavy atom. The molecule has 0 radical (unpaired) electrons. The molecule has 0 fully saturated rings. The number of carbonyl (C=O) groups is 1. The predicted octanol–water partition coefficient (Wildman–Crippen LogP) is 5.08. The van der Waals surface area contributed by atoms with Gasteiger partial charge in [-0.05, 0) is 32.1 Å². The van der Waals surface area contributed by atoms with Crippen molar-refractivity contribution in [1.29, 1.82) is 0 Å². The molecule has 0 aromatic carbocycles. The summed E-state index contributed by atoms with van der Waals surface area (Å²) in [5.74, 6) is 5.42. The van der Waals surface area contributed by atoms with E-state index in [1.54, 1.807) is 0 Å². The summed E-state index contributed by atoms with van der Waals surface area (Å²) in [5, 5.41) is 18.1. The van der Waals surface area contributed by atoms with Gasteiger partial charge in [0.05, 0.1) is 6.10 Å². The number of carboxylic acid groups (broad SMARTS) is 1. The third kappa shape index (κ3) is 18.7. The van der Waals surface area contributed by atoms with Crippen LogP contribution in [0.3, 0.4) is 0 Å². The SMILES string of the molecule is CCCC[C@@H](O)/C=C\CCCCCCCC#CCCCC(=O)O. The van der Waals surface area contributed by atoms with Gasteiger partial charge in [0.25, 0.3) is 0 Å². The molecule has 0 amide bonds. The maximum atomic E-state index is 10.3. The van der Waals surface area contributed by atoms with Crippen molar-refractivity contribution in [3.8, 4) is 11.8 Å². The summed E-state index contributed by atoms with van der Waals surface area (Å²) < 4.78 is 0. The van der Waals surface area contributed by atoms with E-state index in [2.05, 4.69) is 24.8 Å². The molecule has 0 aliphatic carbocycles. The lowest BCUT2D eigenvalue weighted by molar-refractivity contribution is -0.137. The smallest absolute Gasteiger partial charge is 0.303 e. The second-order valence-electron chi connectivity index (χ2n) is 6.05. The van der Waals surface area contributed by atoms with Crippen LogP contribution in [0.1, 0.15) is 90.4 Å². The molecule has 0 aliphatic heterocycles. The van der Waals surface area contributed by atoms with Crippen LogP contribution in [0.5, 0.6) is 0 Å². The monoisotopic (exact) mass is 322 g/mol. The fraction of sp³-hybridized carbons (Fsp3) is 0.750. The number of unbranched alkanes of at least 4 members (excludes halogenated alkanes) is 8. The zero-order valence-electron chi connectivity index (χ0n) is 14.7. The summed E-state index contributed by atoms with van der Waals surface area (Å²) in [7, 11) is 0. The van der Waals surface area contributed by atoms with E-state index in [4.69, 9.17) is 5.11 Å². The third-order valence-corrected chi connectivity index (χ3v) is 3.70. The number of aliphatic hydroxyl groups excluding tert-OH is 1. The normalized spacial score (nSPS) is 12.1. The summed E-state index contributed by atoms with van der Waals surface area (Å²) in [6.07, 6.45) is 16.5. The standard InChI is InChI=1S/C20H34O3/c1-2-3-16-19(21)17-14-12-10-8-6-4-5-7-9-11-13-15-18-20(22)23/h14,17,19,21H,2-8,10,12-13,15-16,18H2,1H3,(H,22,23)/b17-14-/t19-/m1/s1. The quantitative estimate of drug-likeness (QED) is 0.266. The molecule has 132 valence electrons. The summed E-state index contributed by atoms with van der Waals surface area (Å²) in [4.78, 5) is 10.3. The number of aliphatic hydroxyl groups is 1. The number of aliphatic carboxylic acids is 1. The van der Waals surface area contributed by atoms with Gasteiger partial charge in [-0.2, -0.15) is 0 Å². The molecule has 0 unspecified atom stereocenters. The van der Waals surface area contributed by atoms with Gasteiger partial charge in [0.2, 0.25) is 0 Å². The van der Waals surface area contributed by atoms with Gasteiger partial charge in [-0.3, -0.25) is 4.79 Å². The minimum atomic E-state index is -0.739. The Morgan fingerprint density at radius 2 is 1.65 bits per heavy atom. The van der Waals surface area contributed by atoms with Crippen molar-refractivity contribution >= 4 is 5.97 Å². The summed E-state index contributed by atoms with van der Waals surface area (Å²) >= 11 is 0. The molecule has 1 atom stereocenters. The lowest BCUT2D eigenvalue weighted by Crippen LogP contribution is -2.00. The van der Waals surface area contributed by atoms with E-state index in [-0.39, 0.29) is 12.5 Å². The Labute approximate surface area is 142 Å². The van der Waals surface area contributed by atoms with Crippen molar-refractivity contribution in [3.63, 3.8) is 0 Å². The van der Waals surface area contributed by atoms with Gasteiger partial charge < -0.3 is 10.2 Å². The van der Waals surface area contributed by atoms with Gasteiger partial charge in [0.15, 0.2) is 0 Å². The van der Waals surface area contributed by atoms with Crippen LogP contribution in [0.2, 0.25) is 0 Å². The van der Waals surface area contributed by atoms with E-state index < -0.39 is 5.97 Å². The molecule has 0 saturated carbocycles. The molecule has 0 spiro atoms. The van der Waals surface area contributed by atoms with Gasteiger partial charge in [-0.1, -0.05) is 51.2 Å². The van der Waals surface area contributed by atoms with Crippen molar-refractivity contribution in [2.24, 2.45) is 0 Å². The van der Waals surface area contributed by atoms with Crippen LogP contribution < -0.4 is 0 Å². The molecule has 2 N–H and O–H groups in total. The van der Waals surface area contributed by atoms with Crippen molar-refractivity contribution in [2.45, 2.75) is 96.5 Å². The van der Waals surface area contributed by atoms with E-state index >= 15 is 0 Å². The Balaban J connectivity index is 3.29. The largest absolute Gasteiger partial charge is 0.481 e. The molecule has 3 nitrogen and oxygen atoms in total. The van der Waals surface area contributed by atoms with Crippen LogP contribution in [0.15, 0.2) is 12.2 Å². The second-order valence-corrected chi connectivity index (χ2v) is 6.05. The average Bonchev–Trinajstić information content (AvgIpc) is 2.52. The Kier molecular flexibility index (Phi) is 16.1. The highest BCUT2D eigenvalue weighted by atomic mass is 16.4. The molecule has 3 heteroatoms. The Hall–Kier alpha value is -1.27. The summed E-state index contributed by atoms with van der Waals surface area (Å²) in [6.45, 7) is 2.14. The van der Waals surface area contributed by atoms with Crippen molar-refractivity contribution < 1.29 is 15.0 Å². The van der Waals surface area contributed by atoms with Crippen LogP contribution in [0.4, 0.5) is 0 Å². The van der Waals surface area contributed by atoms with Crippen LogP contribution in [-0.2, 0) is 4.79 Å². The predicted molar refractivity (Wildman–Crippen MR) is 96.3 cm³/mol. The first kappa shape index (κ1) is 21.7. The van der Waals surface area contributed by atoms with Crippen LogP contribution in [0.25, 0.3) is 0 Å². The number of hydrogen-bond acceptors (Lipinski definition) is 2. The van der Waals surface area contributed by atoms with Gasteiger partial charge in [0, 0.05) is 19.3 Å². The van der Waals surface area contributed by atoms with Crippen LogP contribution >= 0.6 is 0 Å². The fourth-order valence-electron chi connectivity index (χ4n) is 2.27. The zero-order valence-corrected chi connectivity index (χ0v) is 14.7. The van der Waals surface area contributed by atoms with E-state index in [0.717, 1.165) is 38.5 Å². The fourth-order valence-corrected chi connectivity index (χ4v) is 2.27. The van der Waals surface area contributed by atoms with Crippen LogP contribution in [-0.4, -0.2) is 22.3 Å². The number of allylic oxidation sites excluding steroid dienone is 1. The molecule has 23 heavy (non-hydrogen) atoms. The van der Waals surface area contributed by atoms with E-state index in [1.165, 1.54) is 25.7 Å². The zero-order chi connectivity index (χ0) is 17.2. The molecule has 0 heterocycles. The maximum absolute atomic E-state index is 10.3. The average molecular weight is 322 g/mol. The van der Waals surface area contributed by atoms with Crippen molar-refractivity contribution in [2.75, 3.05) is 0 Å². The molecular formula is C20H34O3. The molecule has 0 aromatic heterocycles. The highest BCUT2D eigenvalue weighted by molar-refractivity contribution is 5.66. The first-order valence-electron chi connectivity index (χ1n) is 9.19. The van der Waals surface area contributed by atoms with E-state index in [9.17, 15) is 9.90 Å². The first-order chi connectivity index (χ1) is 11.2. The molecule has 0 aromatic rings. The molecular weight excluding hydrogens is 288 g/mol. The molecule has 0 rings (SSSR count). The molecule has 0 aliphatic rings. The number of hydrogen-bond donors (Lipinski definition) is 2. The van der Waals surface area contributed by atoms with Gasteiger partial charge in [0.1, 0.15) is 0 Å². The number of rotatable bonds is 14. The second kappa shape index (κ2) is 17.1. The highest BCUT2D eigenvalue weighted by Crippen LogP contribution is 2.08. The van der Waals surface area contributed by atoms with Crippen molar-refractivity contribution in [3.05, 3.63) is 12.2 Å². The van der Waals surface area contributed by atoms with E-state index in [0.29, 0.717) is 12.8 Å². The number of carboxylic acids is 1. The van der Waals surface area contributed by atoms with Gasteiger partial charge in [-0.15, -0.1) is 11.8 Å². The summed E-state index contributed by atoms with van der Waals surface area (Å²) in [5.41, 5.74) is 0. The lowest BCUT2D eigenvalue weighted by atomic mass is 10.1. The Morgan fingerprint density at radius 1 is 1.00 bits per heavy atom. The molecule has 0 bridgehead atoms. The summed E-state index contributed by atoms with van der Waals surface area (Å²) in [6, 6.07) is 0. The highest BCUT2D eigenvalue weighted by Gasteiger charge is 1.96. The van der Waals surface area contributed by atoms with Crippen LogP contribution in [0, 0.1) is 11.8 Å². The molecule has 0 saturated heterocycles. The van der Waals surface area contributed by atoms with Crippen molar-refractivity contribution in [1.82, 2.24) is 0 Å². The van der Waals surface area contributed by atoms with Gasteiger partial charge >= 0.3 is 5.97 Å². The lowest BCUT2D eigenvalue weighted by Gasteiger charge is -2.03.